The van der Waals surface area contributed by atoms with Crippen molar-refractivity contribution < 1.29 is 17.9 Å². The summed E-state index contributed by atoms with van der Waals surface area (Å²) in [4.78, 5) is 0. The molecular formula is C18H28F3NO. The molecule has 132 valence electrons. The van der Waals surface area contributed by atoms with E-state index in [1.54, 1.807) is 24.3 Å². The second kappa shape index (κ2) is 11.2. The molecule has 5 heteroatoms. The standard InChI is InChI=1S/C18H28F3NO/c1-2-3-4-5-6-7-8-9-14-22-16-10-12-17(13-11-16)23-15-18(19,20)21/h10-13,22H,2-9,14-15H2,1H3. The predicted octanol–water partition coefficient (Wildman–Crippen LogP) is 6.18. The average Bonchev–Trinajstić information content (AvgIpc) is 2.52. The minimum atomic E-state index is -4.30. The SMILES string of the molecule is CCCCCCCCCCNc1ccc(OCC(F)(F)F)cc1. The van der Waals surface area contributed by atoms with Gasteiger partial charge in [0, 0.05) is 12.2 Å². The molecule has 1 aromatic carbocycles. The van der Waals surface area contributed by atoms with Gasteiger partial charge in [-0.05, 0) is 30.7 Å². The maximum absolute atomic E-state index is 12.0. The molecule has 0 aromatic heterocycles. The van der Waals surface area contributed by atoms with Crippen LogP contribution in [0.15, 0.2) is 24.3 Å². The van der Waals surface area contributed by atoms with Crippen molar-refractivity contribution in [1.29, 1.82) is 0 Å². The highest BCUT2D eigenvalue weighted by atomic mass is 19.4. The first kappa shape index (κ1) is 19.7. The van der Waals surface area contributed by atoms with Crippen molar-refractivity contribution in [3.05, 3.63) is 24.3 Å². The highest BCUT2D eigenvalue weighted by Crippen LogP contribution is 2.20. The maximum atomic E-state index is 12.0. The van der Waals surface area contributed by atoms with E-state index in [1.807, 2.05) is 0 Å². The van der Waals surface area contributed by atoms with E-state index in [9.17, 15) is 13.2 Å². The first-order chi connectivity index (χ1) is 11.0. The molecular weight excluding hydrogens is 303 g/mol. The molecule has 0 saturated heterocycles. The van der Waals surface area contributed by atoms with Crippen LogP contribution in [0.3, 0.4) is 0 Å². The number of unbranched alkanes of at least 4 members (excludes halogenated alkanes) is 7. The van der Waals surface area contributed by atoms with E-state index in [1.165, 1.54) is 44.9 Å². The summed E-state index contributed by atoms with van der Waals surface area (Å²) in [7, 11) is 0. The molecule has 0 bridgehead atoms. The van der Waals surface area contributed by atoms with E-state index in [2.05, 4.69) is 17.0 Å². The van der Waals surface area contributed by atoms with E-state index in [4.69, 9.17) is 0 Å². The first-order valence-electron chi connectivity index (χ1n) is 8.55. The van der Waals surface area contributed by atoms with Crippen LogP contribution in [0.25, 0.3) is 0 Å². The van der Waals surface area contributed by atoms with Gasteiger partial charge in [0.1, 0.15) is 5.75 Å². The van der Waals surface area contributed by atoms with Gasteiger partial charge in [0.05, 0.1) is 0 Å². The number of hydrogen-bond donors (Lipinski definition) is 1. The minimum Gasteiger partial charge on any atom is -0.484 e. The molecule has 0 radical (unpaired) electrons. The topological polar surface area (TPSA) is 21.3 Å². The monoisotopic (exact) mass is 331 g/mol. The van der Waals surface area contributed by atoms with Crippen molar-refractivity contribution in [3.63, 3.8) is 0 Å². The molecule has 0 spiro atoms. The number of anilines is 1. The van der Waals surface area contributed by atoms with Gasteiger partial charge in [0.25, 0.3) is 0 Å². The van der Waals surface area contributed by atoms with Crippen LogP contribution in [0.2, 0.25) is 0 Å². The Morgan fingerprint density at radius 3 is 2.00 bits per heavy atom. The Hall–Kier alpha value is -1.39. The fraction of sp³-hybridized carbons (Fsp3) is 0.667. The molecule has 0 heterocycles. The molecule has 1 N–H and O–H groups in total. The van der Waals surface area contributed by atoms with Crippen LogP contribution < -0.4 is 10.1 Å². The molecule has 0 aliphatic heterocycles. The fourth-order valence-corrected chi connectivity index (χ4v) is 2.33. The van der Waals surface area contributed by atoms with Crippen LogP contribution in [0, 0.1) is 0 Å². The summed E-state index contributed by atoms with van der Waals surface area (Å²) in [6.45, 7) is 1.86. The normalized spacial score (nSPS) is 11.5. The van der Waals surface area contributed by atoms with Crippen molar-refractivity contribution in [3.8, 4) is 5.75 Å². The van der Waals surface area contributed by atoms with Crippen LogP contribution >= 0.6 is 0 Å². The van der Waals surface area contributed by atoms with Gasteiger partial charge in [0.2, 0.25) is 0 Å². The number of nitrogens with one attached hydrogen (secondary N) is 1. The number of hydrogen-bond acceptors (Lipinski definition) is 2. The molecule has 0 fully saturated rings. The van der Waals surface area contributed by atoms with Crippen LogP contribution in [-0.2, 0) is 0 Å². The van der Waals surface area contributed by atoms with Crippen molar-refractivity contribution in [2.45, 2.75) is 64.5 Å². The van der Waals surface area contributed by atoms with E-state index >= 15 is 0 Å². The van der Waals surface area contributed by atoms with Crippen molar-refractivity contribution >= 4 is 5.69 Å². The Balaban J connectivity index is 2.07. The van der Waals surface area contributed by atoms with E-state index in [-0.39, 0.29) is 5.75 Å². The Labute approximate surface area is 137 Å². The summed E-state index contributed by atoms with van der Waals surface area (Å²) < 4.78 is 40.8. The Morgan fingerprint density at radius 1 is 0.870 bits per heavy atom. The van der Waals surface area contributed by atoms with Crippen LogP contribution in [-0.4, -0.2) is 19.3 Å². The Bertz CT molecular complexity index is 404. The summed E-state index contributed by atoms with van der Waals surface area (Å²) in [5.74, 6) is 0.236. The van der Waals surface area contributed by atoms with Crippen molar-refractivity contribution in [1.82, 2.24) is 0 Å². The van der Waals surface area contributed by atoms with Gasteiger partial charge in [-0.15, -0.1) is 0 Å². The highest BCUT2D eigenvalue weighted by Gasteiger charge is 2.28. The number of benzene rings is 1. The smallest absolute Gasteiger partial charge is 0.422 e. The maximum Gasteiger partial charge on any atom is 0.422 e. The molecule has 23 heavy (non-hydrogen) atoms. The summed E-state index contributed by atoms with van der Waals surface area (Å²) in [6.07, 6.45) is 5.91. The van der Waals surface area contributed by atoms with Crippen molar-refractivity contribution in [2.75, 3.05) is 18.5 Å². The summed E-state index contributed by atoms with van der Waals surface area (Å²) >= 11 is 0. The molecule has 0 unspecified atom stereocenters. The number of alkyl halides is 3. The Kier molecular flexibility index (Phi) is 9.57. The Morgan fingerprint density at radius 2 is 1.43 bits per heavy atom. The lowest BCUT2D eigenvalue weighted by Crippen LogP contribution is -2.19. The van der Waals surface area contributed by atoms with Crippen LogP contribution in [0.1, 0.15) is 58.3 Å². The lowest BCUT2D eigenvalue weighted by molar-refractivity contribution is -0.153. The number of rotatable bonds is 12. The van der Waals surface area contributed by atoms with E-state index in [0.29, 0.717) is 0 Å². The predicted molar refractivity (Wildman–Crippen MR) is 89.1 cm³/mol. The zero-order valence-electron chi connectivity index (χ0n) is 13.9. The lowest BCUT2D eigenvalue weighted by Gasteiger charge is -2.10. The minimum absolute atomic E-state index is 0.236. The summed E-state index contributed by atoms with van der Waals surface area (Å²) in [5, 5.41) is 3.28. The van der Waals surface area contributed by atoms with Gasteiger partial charge in [-0.1, -0.05) is 51.9 Å². The largest absolute Gasteiger partial charge is 0.484 e. The zero-order valence-corrected chi connectivity index (χ0v) is 13.9. The quantitative estimate of drug-likeness (QED) is 0.462. The zero-order chi connectivity index (χ0) is 17.0. The molecule has 2 nitrogen and oxygen atoms in total. The number of ether oxygens (including phenoxy) is 1. The molecule has 0 aliphatic carbocycles. The van der Waals surface area contributed by atoms with Gasteiger partial charge in [-0.2, -0.15) is 13.2 Å². The van der Waals surface area contributed by atoms with Gasteiger partial charge in [0.15, 0.2) is 6.61 Å². The van der Waals surface area contributed by atoms with Crippen LogP contribution in [0.4, 0.5) is 18.9 Å². The van der Waals surface area contributed by atoms with Gasteiger partial charge in [-0.25, -0.2) is 0 Å². The average molecular weight is 331 g/mol. The second-order valence-electron chi connectivity index (χ2n) is 5.83. The third kappa shape index (κ3) is 10.9. The lowest BCUT2D eigenvalue weighted by atomic mass is 10.1. The molecule has 1 aromatic rings. The van der Waals surface area contributed by atoms with Gasteiger partial charge >= 0.3 is 6.18 Å². The molecule has 0 atom stereocenters. The first-order valence-corrected chi connectivity index (χ1v) is 8.55. The molecule has 0 amide bonds. The number of halogens is 3. The fourth-order valence-electron chi connectivity index (χ4n) is 2.33. The van der Waals surface area contributed by atoms with Crippen LogP contribution in [0.5, 0.6) is 5.75 Å². The summed E-state index contributed by atoms with van der Waals surface area (Å²) in [5.41, 5.74) is 0.910. The van der Waals surface area contributed by atoms with Gasteiger partial charge in [-0.3, -0.25) is 0 Å². The third-order valence-electron chi connectivity index (χ3n) is 3.62. The van der Waals surface area contributed by atoms with E-state index < -0.39 is 12.8 Å². The summed E-state index contributed by atoms with van der Waals surface area (Å²) in [6, 6.07) is 6.61. The molecule has 1 rings (SSSR count). The van der Waals surface area contributed by atoms with Crippen molar-refractivity contribution in [2.24, 2.45) is 0 Å². The van der Waals surface area contributed by atoms with Gasteiger partial charge < -0.3 is 10.1 Å². The van der Waals surface area contributed by atoms with E-state index in [0.717, 1.165) is 18.7 Å². The highest BCUT2D eigenvalue weighted by molar-refractivity contribution is 5.46. The second-order valence-corrected chi connectivity index (χ2v) is 5.83. The molecule has 0 saturated carbocycles. The molecule has 0 aliphatic rings. The third-order valence-corrected chi connectivity index (χ3v) is 3.62.